The van der Waals surface area contributed by atoms with Crippen molar-refractivity contribution in [1.82, 2.24) is 4.90 Å². The molecule has 0 bridgehead atoms. The molecule has 1 unspecified atom stereocenters. The van der Waals surface area contributed by atoms with E-state index in [9.17, 15) is 0 Å². The number of nitrogen functional groups attached to an aromatic ring is 1. The van der Waals surface area contributed by atoms with Crippen LogP contribution in [0.5, 0.6) is 5.75 Å². The van der Waals surface area contributed by atoms with Gasteiger partial charge in [-0.1, -0.05) is 6.07 Å². The van der Waals surface area contributed by atoms with Crippen molar-refractivity contribution in [2.24, 2.45) is 0 Å². The van der Waals surface area contributed by atoms with Gasteiger partial charge < -0.3 is 15.2 Å². The molecule has 1 fully saturated rings. The lowest BCUT2D eigenvalue weighted by molar-refractivity contribution is 0.0203. The van der Waals surface area contributed by atoms with Crippen LogP contribution in [0.2, 0.25) is 0 Å². The molecule has 0 radical (unpaired) electrons. The zero-order chi connectivity index (χ0) is 13.0. The van der Waals surface area contributed by atoms with Gasteiger partial charge in [0.15, 0.2) is 0 Å². The van der Waals surface area contributed by atoms with Crippen molar-refractivity contribution < 1.29 is 9.47 Å². The monoisotopic (exact) mass is 250 g/mol. The Morgan fingerprint density at radius 3 is 2.72 bits per heavy atom. The molecule has 0 amide bonds. The Labute approximate surface area is 109 Å². The van der Waals surface area contributed by atoms with Gasteiger partial charge in [-0.05, 0) is 31.0 Å². The summed E-state index contributed by atoms with van der Waals surface area (Å²) >= 11 is 0. The zero-order valence-electron chi connectivity index (χ0n) is 11.2. The number of hydrogen-bond donors (Lipinski definition) is 1. The molecule has 1 aromatic carbocycles. The molecule has 2 rings (SSSR count). The van der Waals surface area contributed by atoms with Gasteiger partial charge in [-0.3, -0.25) is 4.90 Å². The molecule has 1 aliphatic rings. The Morgan fingerprint density at radius 2 is 2.11 bits per heavy atom. The fourth-order valence-electron chi connectivity index (χ4n) is 2.40. The second kappa shape index (κ2) is 6.07. The summed E-state index contributed by atoms with van der Waals surface area (Å²) in [4.78, 5) is 2.46. The summed E-state index contributed by atoms with van der Waals surface area (Å²) in [5.74, 6) is 0.748. The maximum Gasteiger partial charge on any atom is 0.141 e. The van der Waals surface area contributed by atoms with Gasteiger partial charge in [0, 0.05) is 19.1 Å². The molecule has 18 heavy (non-hydrogen) atoms. The van der Waals surface area contributed by atoms with Crippen molar-refractivity contribution in [3.63, 3.8) is 0 Å². The SMILES string of the molecule is COc1ccc(CC(C)N2CCOCC2)cc1N. The molecule has 1 heterocycles. The Hall–Kier alpha value is -1.26. The predicted molar refractivity (Wildman–Crippen MR) is 73.0 cm³/mol. The lowest BCUT2D eigenvalue weighted by Gasteiger charge is -2.32. The summed E-state index contributed by atoms with van der Waals surface area (Å²) in [6.45, 7) is 5.98. The van der Waals surface area contributed by atoms with E-state index in [1.165, 1.54) is 5.56 Å². The lowest BCUT2D eigenvalue weighted by atomic mass is 10.0. The third-order valence-electron chi connectivity index (χ3n) is 3.49. The Morgan fingerprint density at radius 1 is 1.39 bits per heavy atom. The maximum atomic E-state index is 5.93. The van der Waals surface area contributed by atoms with E-state index < -0.39 is 0 Å². The van der Waals surface area contributed by atoms with E-state index >= 15 is 0 Å². The maximum absolute atomic E-state index is 5.93. The van der Waals surface area contributed by atoms with Crippen molar-refractivity contribution in [1.29, 1.82) is 0 Å². The van der Waals surface area contributed by atoms with Crippen molar-refractivity contribution in [3.8, 4) is 5.75 Å². The fraction of sp³-hybridized carbons (Fsp3) is 0.571. The number of anilines is 1. The summed E-state index contributed by atoms with van der Waals surface area (Å²) in [6.07, 6.45) is 1.01. The van der Waals surface area contributed by atoms with Crippen LogP contribution in [-0.2, 0) is 11.2 Å². The molecule has 1 aliphatic heterocycles. The molecule has 0 aromatic heterocycles. The van der Waals surface area contributed by atoms with E-state index in [4.69, 9.17) is 15.2 Å². The molecule has 100 valence electrons. The van der Waals surface area contributed by atoms with E-state index in [1.807, 2.05) is 12.1 Å². The quantitative estimate of drug-likeness (QED) is 0.824. The molecule has 0 saturated carbocycles. The van der Waals surface area contributed by atoms with Gasteiger partial charge in [0.05, 0.1) is 26.0 Å². The van der Waals surface area contributed by atoms with Gasteiger partial charge in [0.2, 0.25) is 0 Å². The minimum Gasteiger partial charge on any atom is -0.495 e. The number of rotatable bonds is 4. The first-order valence-corrected chi connectivity index (χ1v) is 6.45. The first kappa shape index (κ1) is 13.2. The summed E-state index contributed by atoms with van der Waals surface area (Å²) in [7, 11) is 1.64. The van der Waals surface area contributed by atoms with Crippen LogP contribution in [0.1, 0.15) is 12.5 Å². The second-order valence-corrected chi connectivity index (χ2v) is 4.78. The topological polar surface area (TPSA) is 47.7 Å². The Balaban J connectivity index is 1.97. The highest BCUT2D eigenvalue weighted by Gasteiger charge is 2.17. The largest absolute Gasteiger partial charge is 0.495 e. The van der Waals surface area contributed by atoms with Gasteiger partial charge in [-0.2, -0.15) is 0 Å². The third-order valence-corrected chi connectivity index (χ3v) is 3.49. The van der Waals surface area contributed by atoms with Crippen LogP contribution in [0.15, 0.2) is 18.2 Å². The van der Waals surface area contributed by atoms with Crippen molar-refractivity contribution in [2.75, 3.05) is 39.1 Å². The Kier molecular flexibility index (Phi) is 4.44. The van der Waals surface area contributed by atoms with Crippen LogP contribution in [0.4, 0.5) is 5.69 Å². The van der Waals surface area contributed by atoms with Gasteiger partial charge >= 0.3 is 0 Å². The average molecular weight is 250 g/mol. The van der Waals surface area contributed by atoms with E-state index in [1.54, 1.807) is 7.11 Å². The summed E-state index contributed by atoms with van der Waals surface area (Å²) in [6, 6.07) is 6.56. The number of morpholine rings is 1. The van der Waals surface area contributed by atoms with Crippen LogP contribution in [0.25, 0.3) is 0 Å². The first-order chi connectivity index (χ1) is 8.70. The zero-order valence-corrected chi connectivity index (χ0v) is 11.2. The molecule has 4 nitrogen and oxygen atoms in total. The molecule has 0 spiro atoms. The first-order valence-electron chi connectivity index (χ1n) is 6.45. The molecule has 1 aromatic rings. The van der Waals surface area contributed by atoms with Gasteiger partial charge in [0.1, 0.15) is 5.75 Å². The number of benzene rings is 1. The summed E-state index contributed by atoms with van der Waals surface area (Å²) < 4.78 is 10.5. The van der Waals surface area contributed by atoms with Gasteiger partial charge in [0.25, 0.3) is 0 Å². The standard InChI is InChI=1S/C14H22N2O2/c1-11(16-5-7-18-8-6-16)9-12-3-4-14(17-2)13(15)10-12/h3-4,10-11H,5-9,15H2,1-2H3. The molecule has 4 heteroatoms. The van der Waals surface area contributed by atoms with Crippen LogP contribution in [-0.4, -0.2) is 44.4 Å². The minimum atomic E-state index is 0.515. The second-order valence-electron chi connectivity index (χ2n) is 4.78. The van der Waals surface area contributed by atoms with Crippen LogP contribution >= 0.6 is 0 Å². The van der Waals surface area contributed by atoms with Crippen molar-refractivity contribution in [2.45, 2.75) is 19.4 Å². The molecule has 1 atom stereocenters. The molecule has 2 N–H and O–H groups in total. The lowest BCUT2D eigenvalue weighted by Crippen LogP contribution is -2.43. The molecular formula is C14H22N2O2. The third kappa shape index (κ3) is 3.15. The Bertz CT molecular complexity index is 389. The highest BCUT2D eigenvalue weighted by Crippen LogP contribution is 2.23. The number of methoxy groups -OCH3 is 1. The summed E-state index contributed by atoms with van der Waals surface area (Å²) in [5.41, 5.74) is 7.90. The van der Waals surface area contributed by atoms with Gasteiger partial charge in [-0.15, -0.1) is 0 Å². The van der Waals surface area contributed by atoms with Crippen LogP contribution in [0.3, 0.4) is 0 Å². The number of hydrogen-bond acceptors (Lipinski definition) is 4. The number of nitrogens with zero attached hydrogens (tertiary/aromatic N) is 1. The van der Waals surface area contributed by atoms with Crippen LogP contribution < -0.4 is 10.5 Å². The van der Waals surface area contributed by atoms with E-state index in [-0.39, 0.29) is 0 Å². The van der Waals surface area contributed by atoms with E-state index in [2.05, 4.69) is 17.9 Å². The van der Waals surface area contributed by atoms with Gasteiger partial charge in [-0.25, -0.2) is 0 Å². The number of nitrogens with two attached hydrogens (primary N) is 1. The molecule has 1 saturated heterocycles. The fourth-order valence-corrected chi connectivity index (χ4v) is 2.40. The van der Waals surface area contributed by atoms with E-state index in [0.717, 1.165) is 38.5 Å². The molecule has 0 aliphatic carbocycles. The smallest absolute Gasteiger partial charge is 0.141 e. The number of ether oxygens (including phenoxy) is 2. The van der Waals surface area contributed by atoms with E-state index in [0.29, 0.717) is 11.7 Å². The van der Waals surface area contributed by atoms with Crippen molar-refractivity contribution in [3.05, 3.63) is 23.8 Å². The highest BCUT2D eigenvalue weighted by molar-refractivity contribution is 5.54. The summed E-state index contributed by atoms with van der Waals surface area (Å²) in [5, 5.41) is 0. The van der Waals surface area contributed by atoms with Crippen molar-refractivity contribution >= 4 is 5.69 Å². The normalized spacial score (nSPS) is 18.6. The molecular weight excluding hydrogens is 228 g/mol. The highest BCUT2D eigenvalue weighted by atomic mass is 16.5. The average Bonchev–Trinajstić information content (AvgIpc) is 2.40. The predicted octanol–water partition coefficient (Wildman–Crippen LogP) is 1.54. The van der Waals surface area contributed by atoms with Crippen LogP contribution in [0, 0.1) is 0 Å². The minimum absolute atomic E-state index is 0.515.